The van der Waals surface area contributed by atoms with Gasteiger partial charge in [0, 0.05) is 37.6 Å². The maximum atomic E-state index is 10.9. The fourth-order valence-corrected chi connectivity index (χ4v) is 3.78. The Labute approximate surface area is 143 Å². The van der Waals surface area contributed by atoms with Gasteiger partial charge in [-0.05, 0) is 12.3 Å². The van der Waals surface area contributed by atoms with Gasteiger partial charge in [0.1, 0.15) is 0 Å². The molecular weight excluding hydrogens is 339 g/mol. The van der Waals surface area contributed by atoms with Crippen LogP contribution in [0.5, 0.6) is 0 Å². The molecule has 3 rings (SSSR count). The fraction of sp³-hybridized carbons (Fsp3) is 0.400. The molecule has 0 radical (unpaired) electrons. The molecule has 0 spiro atoms. The highest BCUT2D eigenvalue weighted by Gasteiger charge is 2.30. The van der Waals surface area contributed by atoms with Crippen LogP contribution in [0.25, 0.3) is 0 Å². The number of nitro groups is 1. The number of rotatable bonds is 3. The lowest BCUT2D eigenvalue weighted by atomic mass is 9.93. The molecule has 1 saturated heterocycles. The summed E-state index contributed by atoms with van der Waals surface area (Å²) in [5, 5.41) is 11.5. The Kier molecular flexibility index (Phi) is 4.46. The van der Waals surface area contributed by atoms with Crippen LogP contribution in [-0.4, -0.2) is 27.6 Å². The summed E-state index contributed by atoms with van der Waals surface area (Å²) in [7, 11) is 0. The predicted molar refractivity (Wildman–Crippen MR) is 90.4 cm³/mol. The smallest absolute Gasteiger partial charge is 0.272 e. The molecule has 0 bridgehead atoms. The Morgan fingerprint density at radius 3 is 2.61 bits per heavy atom. The van der Waals surface area contributed by atoms with Crippen molar-refractivity contribution in [1.82, 2.24) is 9.55 Å². The summed E-state index contributed by atoms with van der Waals surface area (Å²) < 4.78 is 2.09. The number of nitro benzene ring substituents is 1. The highest BCUT2D eigenvalue weighted by atomic mass is 35.5. The molecule has 6 nitrogen and oxygen atoms in total. The Bertz CT molecular complexity index is 697. The number of benzene rings is 1. The number of hydrogen-bond acceptors (Lipinski definition) is 4. The first-order chi connectivity index (χ1) is 11.0. The van der Waals surface area contributed by atoms with E-state index in [0.29, 0.717) is 21.7 Å². The second kappa shape index (κ2) is 6.37. The van der Waals surface area contributed by atoms with E-state index in [-0.39, 0.29) is 11.7 Å². The van der Waals surface area contributed by atoms with E-state index in [9.17, 15) is 10.1 Å². The Morgan fingerprint density at radius 2 is 2.04 bits per heavy atom. The van der Waals surface area contributed by atoms with Crippen molar-refractivity contribution in [1.29, 1.82) is 0 Å². The third kappa shape index (κ3) is 3.14. The van der Waals surface area contributed by atoms with Crippen molar-refractivity contribution in [2.75, 3.05) is 18.0 Å². The minimum absolute atomic E-state index is 0.0970. The van der Waals surface area contributed by atoms with Crippen LogP contribution < -0.4 is 4.90 Å². The second-order valence-electron chi connectivity index (χ2n) is 5.80. The van der Waals surface area contributed by atoms with Crippen LogP contribution in [0.2, 0.25) is 10.0 Å². The molecule has 0 N–H and O–H groups in total. The van der Waals surface area contributed by atoms with Crippen LogP contribution in [0.4, 0.5) is 11.4 Å². The van der Waals surface area contributed by atoms with Crippen LogP contribution in [-0.2, 0) is 0 Å². The fourth-order valence-electron chi connectivity index (χ4n) is 3.07. The van der Waals surface area contributed by atoms with Crippen molar-refractivity contribution in [2.45, 2.75) is 19.4 Å². The van der Waals surface area contributed by atoms with Crippen molar-refractivity contribution in [3.63, 3.8) is 0 Å². The molecule has 0 amide bonds. The first kappa shape index (κ1) is 16.1. The zero-order valence-corrected chi connectivity index (χ0v) is 14.0. The van der Waals surface area contributed by atoms with E-state index >= 15 is 0 Å². The SMILES string of the molecule is CC1CCN(c2c(Cl)cc([N+](=O)[O-])cc2Cl)CC1n1ccnc1. The number of non-ortho nitro benzene ring substituents is 1. The number of halogens is 2. The van der Waals surface area contributed by atoms with E-state index in [2.05, 4.69) is 21.4 Å². The third-order valence-electron chi connectivity index (χ3n) is 4.36. The number of nitrogens with zero attached hydrogens (tertiary/aromatic N) is 4. The van der Waals surface area contributed by atoms with Crippen molar-refractivity contribution in [3.05, 3.63) is 51.0 Å². The molecule has 0 aliphatic carbocycles. The molecule has 1 aromatic heterocycles. The second-order valence-corrected chi connectivity index (χ2v) is 6.62. The van der Waals surface area contributed by atoms with Crippen LogP contribution in [0.15, 0.2) is 30.9 Å². The number of anilines is 1. The predicted octanol–water partition coefficient (Wildman–Crippen LogP) is 4.19. The van der Waals surface area contributed by atoms with Gasteiger partial charge in [0.25, 0.3) is 5.69 Å². The van der Waals surface area contributed by atoms with E-state index < -0.39 is 4.92 Å². The summed E-state index contributed by atoms with van der Waals surface area (Å²) in [6.07, 6.45) is 6.50. The molecule has 0 saturated carbocycles. The highest BCUT2D eigenvalue weighted by Crippen LogP contribution is 2.40. The summed E-state index contributed by atoms with van der Waals surface area (Å²) in [5.41, 5.74) is 0.566. The molecule has 2 unspecified atom stereocenters. The maximum Gasteiger partial charge on any atom is 0.272 e. The molecule has 1 aliphatic rings. The number of imidazole rings is 1. The Balaban J connectivity index is 1.91. The number of aromatic nitrogens is 2. The van der Waals surface area contributed by atoms with E-state index in [4.69, 9.17) is 23.2 Å². The van der Waals surface area contributed by atoms with E-state index in [1.54, 1.807) is 6.20 Å². The van der Waals surface area contributed by atoms with Crippen LogP contribution in [0.1, 0.15) is 19.4 Å². The summed E-state index contributed by atoms with van der Waals surface area (Å²) >= 11 is 12.5. The lowest BCUT2D eigenvalue weighted by molar-refractivity contribution is -0.384. The van der Waals surface area contributed by atoms with Gasteiger partial charge >= 0.3 is 0 Å². The van der Waals surface area contributed by atoms with Crippen molar-refractivity contribution < 1.29 is 4.92 Å². The van der Waals surface area contributed by atoms with E-state index in [0.717, 1.165) is 19.5 Å². The zero-order valence-electron chi connectivity index (χ0n) is 12.5. The molecule has 2 atom stereocenters. The molecule has 23 heavy (non-hydrogen) atoms. The molecule has 2 heterocycles. The monoisotopic (exact) mass is 354 g/mol. The van der Waals surface area contributed by atoms with Gasteiger partial charge in [-0.2, -0.15) is 0 Å². The van der Waals surface area contributed by atoms with Crippen LogP contribution in [0, 0.1) is 16.0 Å². The topological polar surface area (TPSA) is 64.2 Å². The molecule has 1 aliphatic heterocycles. The third-order valence-corrected chi connectivity index (χ3v) is 4.93. The number of piperidine rings is 1. The van der Waals surface area contributed by atoms with Gasteiger partial charge in [0.05, 0.1) is 33.0 Å². The average Bonchev–Trinajstić information content (AvgIpc) is 3.02. The van der Waals surface area contributed by atoms with Crippen molar-refractivity contribution in [2.24, 2.45) is 5.92 Å². The molecule has 8 heteroatoms. The van der Waals surface area contributed by atoms with E-state index in [1.165, 1.54) is 12.1 Å². The van der Waals surface area contributed by atoms with Gasteiger partial charge < -0.3 is 9.47 Å². The van der Waals surface area contributed by atoms with E-state index in [1.807, 2.05) is 12.5 Å². The van der Waals surface area contributed by atoms with Crippen molar-refractivity contribution >= 4 is 34.6 Å². The summed E-state index contributed by atoms with van der Waals surface area (Å²) in [4.78, 5) is 16.6. The minimum atomic E-state index is -0.492. The Morgan fingerprint density at radius 1 is 1.35 bits per heavy atom. The first-order valence-corrected chi connectivity index (χ1v) is 8.08. The lowest BCUT2D eigenvalue weighted by Gasteiger charge is -2.39. The summed E-state index contributed by atoms with van der Waals surface area (Å²) in [6, 6.07) is 2.97. The van der Waals surface area contributed by atoms with Gasteiger partial charge in [0.15, 0.2) is 0 Å². The lowest BCUT2D eigenvalue weighted by Crippen LogP contribution is -2.40. The van der Waals surface area contributed by atoms with Gasteiger partial charge in [-0.3, -0.25) is 10.1 Å². The molecule has 1 aromatic carbocycles. The Hall–Kier alpha value is -1.79. The zero-order chi connectivity index (χ0) is 16.6. The molecule has 1 fully saturated rings. The maximum absolute atomic E-state index is 10.9. The minimum Gasteiger partial charge on any atom is -0.367 e. The summed E-state index contributed by atoms with van der Waals surface area (Å²) in [5.74, 6) is 0.496. The first-order valence-electron chi connectivity index (χ1n) is 7.33. The average molecular weight is 355 g/mol. The van der Waals surface area contributed by atoms with Gasteiger partial charge in [-0.25, -0.2) is 4.98 Å². The summed E-state index contributed by atoms with van der Waals surface area (Å²) in [6.45, 7) is 3.75. The highest BCUT2D eigenvalue weighted by molar-refractivity contribution is 6.39. The quantitative estimate of drug-likeness (QED) is 0.612. The van der Waals surface area contributed by atoms with Crippen LogP contribution in [0.3, 0.4) is 0 Å². The van der Waals surface area contributed by atoms with Crippen molar-refractivity contribution in [3.8, 4) is 0 Å². The standard InChI is InChI=1S/C15H16Cl2N4O2/c1-10-2-4-19(8-14(10)20-5-3-18-9-20)15-12(16)6-11(21(22)23)7-13(15)17/h3,5-7,9-10,14H,2,4,8H2,1H3. The molecule has 2 aromatic rings. The largest absolute Gasteiger partial charge is 0.367 e. The molecular formula is C15H16Cl2N4O2. The molecule has 122 valence electrons. The normalized spacial score (nSPS) is 21.4. The van der Waals surface area contributed by atoms with Gasteiger partial charge in [0.2, 0.25) is 0 Å². The number of hydrogen-bond donors (Lipinski definition) is 0. The van der Waals surface area contributed by atoms with Crippen LogP contribution >= 0.6 is 23.2 Å². The van der Waals surface area contributed by atoms with Gasteiger partial charge in [-0.15, -0.1) is 0 Å². The van der Waals surface area contributed by atoms with Gasteiger partial charge in [-0.1, -0.05) is 30.1 Å².